The van der Waals surface area contributed by atoms with Crippen molar-refractivity contribution < 1.29 is 0 Å². The van der Waals surface area contributed by atoms with Gasteiger partial charge in [0.1, 0.15) is 0 Å². The summed E-state index contributed by atoms with van der Waals surface area (Å²) in [4.78, 5) is 0. The molecule has 0 saturated heterocycles. The van der Waals surface area contributed by atoms with Crippen molar-refractivity contribution in [2.24, 2.45) is 0 Å². The lowest BCUT2D eigenvalue weighted by molar-refractivity contribution is 0.774. The molecule has 2 aromatic carbocycles. The van der Waals surface area contributed by atoms with Crippen LogP contribution in [0.2, 0.25) is 0 Å². The first kappa shape index (κ1) is 11.1. The monoisotopic (exact) mass is 238 g/mol. The number of nitrogen functional groups attached to an aromatic ring is 1. The van der Waals surface area contributed by atoms with E-state index in [0.717, 1.165) is 24.1 Å². The average molecular weight is 238 g/mol. The molecule has 0 unspecified atom stereocenters. The number of nitrogens with two attached hydrogens (primary N) is 1. The molecule has 2 nitrogen and oxygen atoms in total. The third-order valence-electron chi connectivity index (χ3n) is 3.69. The molecule has 0 atom stereocenters. The maximum absolute atomic E-state index is 5.84. The molecule has 0 aromatic heterocycles. The fraction of sp³-hybridized carbons (Fsp3) is 0.250. The molecule has 1 aliphatic rings. The molecule has 0 aliphatic heterocycles. The van der Waals surface area contributed by atoms with Crippen LogP contribution in [-0.4, -0.2) is 6.04 Å². The third-order valence-corrected chi connectivity index (χ3v) is 3.69. The molecule has 0 fully saturated rings. The van der Waals surface area contributed by atoms with Crippen molar-refractivity contribution >= 4 is 11.4 Å². The maximum Gasteiger partial charge on any atom is 0.0346 e. The molecule has 0 saturated carbocycles. The minimum Gasteiger partial charge on any atom is -0.399 e. The molecule has 92 valence electrons. The zero-order chi connectivity index (χ0) is 12.5. The zero-order valence-corrected chi connectivity index (χ0v) is 10.6. The van der Waals surface area contributed by atoms with Gasteiger partial charge in [0.25, 0.3) is 0 Å². The van der Waals surface area contributed by atoms with Crippen LogP contribution >= 0.6 is 0 Å². The van der Waals surface area contributed by atoms with Crippen molar-refractivity contribution in [3.8, 4) is 0 Å². The van der Waals surface area contributed by atoms with Crippen LogP contribution in [0.5, 0.6) is 0 Å². The van der Waals surface area contributed by atoms with Crippen LogP contribution in [0.15, 0.2) is 42.5 Å². The molecule has 0 radical (unpaired) electrons. The first-order valence-electron chi connectivity index (χ1n) is 6.42. The number of aryl methyl sites for hydroxylation is 1. The van der Waals surface area contributed by atoms with Gasteiger partial charge in [-0.3, -0.25) is 0 Å². The minimum absolute atomic E-state index is 0.505. The van der Waals surface area contributed by atoms with E-state index in [-0.39, 0.29) is 0 Å². The summed E-state index contributed by atoms with van der Waals surface area (Å²) in [6.07, 6.45) is 2.22. The Labute approximate surface area is 108 Å². The number of hydrogen-bond acceptors (Lipinski definition) is 2. The van der Waals surface area contributed by atoms with Gasteiger partial charge < -0.3 is 11.1 Å². The topological polar surface area (TPSA) is 38.0 Å². The molecular formula is C16H18N2. The maximum atomic E-state index is 5.84. The van der Waals surface area contributed by atoms with Gasteiger partial charge in [0.2, 0.25) is 0 Å². The van der Waals surface area contributed by atoms with Crippen molar-refractivity contribution in [3.05, 3.63) is 59.2 Å². The smallest absolute Gasteiger partial charge is 0.0346 e. The number of anilines is 2. The van der Waals surface area contributed by atoms with Crippen molar-refractivity contribution in [3.63, 3.8) is 0 Å². The van der Waals surface area contributed by atoms with Gasteiger partial charge >= 0.3 is 0 Å². The molecule has 3 rings (SSSR count). The Morgan fingerprint density at radius 1 is 1.06 bits per heavy atom. The summed E-state index contributed by atoms with van der Waals surface area (Å²) >= 11 is 0. The van der Waals surface area contributed by atoms with E-state index in [9.17, 15) is 0 Å². The van der Waals surface area contributed by atoms with Gasteiger partial charge in [-0.15, -0.1) is 0 Å². The Bertz CT molecular complexity index is 550. The molecule has 0 heterocycles. The van der Waals surface area contributed by atoms with Crippen molar-refractivity contribution in [1.82, 2.24) is 0 Å². The highest BCUT2D eigenvalue weighted by atomic mass is 14.9. The van der Waals surface area contributed by atoms with Crippen molar-refractivity contribution in [1.29, 1.82) is 0 Å². The van der Waals surface area contributed by atoms with Gasteiger partial charge in [-0.25, -0.2) is 0 Å². The summed E-state index contributed by atoms with van der Waals surface area (Å²) in [5, 5.41) is 3.60. The van der Waals surface area contributed by atoms with Gasteiger partial charge in [-0.2, -0.15) is 0 Å². The van der Waals surface area contributed by atoms with E-state index in [2.05, 4.69) is 41.7 Å². The molecule has 18 heavy (non-hydrogen) atoms. The van der Waals surface area contributed by atoms with Gasteiger partial charge in [-0.1, -0.05) is 24.3 Å². The summed E-state index contributed by atoms with van der Waals surface area (Å²) in [6.45, 7) is 2.05. The quantitative estimate of drug-likeness (QED) is 0.789. The van der Waals surface area contributed by atoms with E-state index < -0.39 is 0 Å². The van der Waals surface area contributed by atoms with Crippen LogP contribution in [0.3, 0.4) is 0 Å². The van der Waals surface area contributed by atoms with Crippen molar-refractivity contribution in [2.75, 3.05) is 11.1 Å². The second kappa shape index (κ2) is 4.37. The predicted octanol–water partition coefficient (Wildman–Crippen LogP) is 3.16. The molecule has 0 spiro atoms. The summed E-state index contributed by atoms with van der Waals surface area (Å²) in [5.74, 6) is 0. The van der Waals surface area contributed by atoms with Gasteiger partial charge in [-0.05, 0) is 54.7 Å². The predicted molar refractivity (Wildman–Crippen MR) is 76.9 cm³/mol. The molecule has 2 aromatic rings. The Kier molecular flexibility index (Phi) is 2.71. The van der Waals surface area contributed by atoms with Crippen LogP contribution in [0.4, 0.5) is 11.4 Å². The van der Waals surface area contributed by atoms with Crippen LogP contribution in [0.25, 0.3) is 0 Å². The fourth-order valence-corrected chi connectivity index (χ4v) is 2.66. The Morgan fingerprint density at radius 3 is 2.33 bits per heavy atom. The van der Waals surface area contributed by atoms with Crippen LogP contribution < -0.4 is 11.1 Å². The Hall–Kier alpha value is -1.96. The third kappa shape index (κ3) is 2.06. The van der Waals surface area contributed by atoms with Crippen LogP contribution in [-0.2, 0) is 12.8 Å². The van der Waals surface area contributed by atoms with Gasteiger partial charge in [0, 0.05) is 17.4 Å². The molecular weight excluding hydrogens is 220 g/mol. The van der Waals surface area contributed by atoms with Crippen LogP contribution in [0.1, 0.15) is 16.7 Å². The molecule has 2 heteroatoms. The molecule has 1 aliphatic carbocycles. The van der Waals surface area contributed by atoms with Gasteiger partial charge in [0.15, 0.2) is 0 Å². The van der Waals surface area contributed by atoms with Crippen LogP contribution in [0, 0.1) is 6.92 Å². The second-order valence-electron chi connectivity index (χ2n) is 5.09. The molecule has 0 bridgehead atoms. The lowest BCUT2D eigenvalue weighted by atomic mass is 10.1. The number of nitrogens with one attached hydrogen (secondary N) is 1. The van der Waals surface area contributed by atoms with Crippen molar-refractivity contribution in [2.45, 2.75) is 25.8 Å². The lowest BCUT2D eigenvalue weighted by Crippen LogP contribution is -2.19. The molecule has 3 N–H and O–H groups in total. The standard InChI is InChI=1S/C16H18N2/c1-11-8-14(6-7-16(11)17)18-15-9-12-4-2-3-5-13(12)10-15/h2-8,15,18H,9-10,17H2,1H3. The number of hydrogen-bond donors (Lipinski definition) is 2. The van der Waals surface area contributed by atoms with E-state index in [1.165, 1.54) is 16.8 Å². The summed E-state index contributed by atoms with van der Waals surface area (Å²) in [5.41, 5.74) is 11.9. The van der Waals surface area contributed by atoms with E-state index in [4.69, 9.17) is 5.73 Å². The Morgan fingerprint density at radius 2 is 1.72 bits per heavy atom. The number of rotatable bonds is 2. The number of fused-ring (bicyclic) bond motifs is 1. The number of benzene rings is 2. The van der Waals surface area contributed by atoms with Gasteiger partial charge in [0.05, 0.1) is 0 Å². The summed E-state index contributed by atoms with van der Waals surface area (Å²) in [7, 11) is 0. The highest BCUT2D eigenvalue weighted by Crippen LogP contribution is 2.25. The minimum atomic E-state index is 0.505. The second-order valence-corrected chi connectivity index (χ2v) is 5.09. The first-order chi connectivity index (χ1) is 8.72. The molecule has 0 amide bonds. The fourth-order valence-electron chi connectivity index (χ4n) is 2.66. The highest BCUT2D eigenvalue weighted by Gasteiger charge is 2.20. The van der Waals surface area contributed by atoms with E-state index >= 15 is 0 Å². The lowest BCUT2D eigenvalue weighted by Gasteiger charge is -2.14. The first-order valence-corrected chi connectivity index (χ1v) is 6.42. The largest absolute Gasteiger partial charge is 0.399 e. The summed E-state index contributed by atoms with van der Waals surface area (Å²) in [6, 6.07) is 15.4. The zero-order valence-electron chi connectivity index (χ0n) is 10.6. The van der Waals surface area contributed by atoms with E-state index in [0.29, 0.717) is 6.04 Å². The Balaban J connectivity index is 1.74. The summed E-state index contributed by atoms with van der Waals surface area (Å²) < 4.78 is 0. The average Bonchev–Trinajstić information content (AvgIpc) is 2.76. The van der Waals surface area contributed by atoms with E-state index in [1.807, 2.05) is 13.0 Å². The highest BCUT2D eigenvalue weighted by molar-refractivity contribution is 5.57. The SMILES string of the molecule is Cc1cc(NC2Cc3ccccc3C2)ccc1N. The normalized spacial score (nSPS) is 14.5. The van der Waals surface area contributed by atoms with E-state index in [1.54, 1.807) is 0 Å².